The second-order valence-electron chi connectivity index (χ2n) is 5.15. The molecule has 2 aromatic rings. The van der Waals surface area contributed by atoms with Crippen molar-refractivity contribution in [3.8, 4) is 11.4 Å². The molecule has 0 radical (unpaired) electrons. The summed E-state index contributed by atoms with van der Waals surface area (Å²) in [6.45, 7) is 3.45. The Morgan fingerprint density at radius 1 is 1.42 bits per heavy atom. The van der Waals surface area contributed by atoms with Crippen molar-refractivity contribution in [2.45, 2.75) is 26.3 Å². The highest BCUT2D eigenvalue weighted by Crippen LogP contribution is 2.27. The summed E-state index contributed by atoms with van der Waals surface area (Å²) in [4.78, 5) is 0. The van der Waals surface area contributed by atoms with Gasteiger partial charge in [-0.25, -0.2) is 4.39 Å². The highest BCUT2D eigenvalue weighted by molar-refractivity contribution is 5.60. The van der Waals surface area contributed by atoms with Crippen molar-refractivity contribution in [2.24, 2.45) is 11.7 Å². The Bertz CT molecular complexity index is 605. The largest absolute Gasteiger partial charge is 0.330 e. The van der Waals surface area contributed by atoms with E-state index in [0.29, 0.717) is 12.5 Å². The van der Waals surface area contributed by atoms with Crippen molar-refractivity contribution >= 4 is 0 Å². The van der Waals surface area contributed by atoms with Gasteiger partial charge in [0.2, 0.25) is 0 Å². The summed E-state index contributed by atoms with van der Waals surface area (Å²) >= 11 is 0. The van der Waals surface area contributed by atoms with E-state index in [1.807, 2.05) is 6.92 Å². The van der Waals surface area contributed by atoms with Gasteiger partial charge in [0.05, 0.1) is 0 Å². The molecule has 5 heteroatoms. The van der Waals surface area contributed by atoms with Gasteiger partial charge in [-0.2, -0.15) is 0 Å². The molecule has 1 aliphatic rings. The Hall–Kier alpha value is -1.75. The zero-order valence-electron chi connectivity index (χ0n) is 10.9. The smallest absolute Gasteiger partial charge is 0.164 e. The fourth-order valence-corrected chi connectivity index (χ4v) is 2.62. The summed E-state index contributed by atoms with van der Waals surface area (Å²) in [5, 5.41) is 8.47. The average Bonchev–Trinajstić information content (AvgIpc) is 2.84. The van der Waals surface area contributed by atoms with Crippen molar-refractivity contribution in [1.29, 1.82) is 0 Å². The minimum atomic E-state index is -0.246. The molecule has 0 saturated heterocycles. The predicted octanol–water partition coefficient (Wildman–Crippen LogP) is 1.91. The summed E-state index contributed by atoms with van der Waals surface area (Å²) in [6, 6.07) is 4.77. The molecular weight excluding hydrogens is 243 g/mol. The van der Waals surface area contributed by atoms with Crippen LogP contribution in [-0.4, -0.2) is 21.3 Å². The fraction of sp³-hybridized carbons (Fsp3) is 0.429. The molecule has 1 aromatic heterocycles. The van der Waals surface area contributed by atoms with Crippen molar-refractivity contribution in [3.05, 3.63) is 35.4 Å². The van der Waals surface area contributed by atoms with E-state index in [9.17, 15) is 4.39 Å². The van der Waals surface area contributed by atoms with Gasteiger partial charge in [0, 0.05) is 18.5 Å². The van der Waals surface area contributed by atoms with Crippen LogP contribution >= 0.6 is 0 Å². The van der Waals surface area contributed by atoms with Crippen molar-refractivity contribution in [3.63, 3.8) is 0 Å². The molecule has 1 atom stereocenters. The standard InChI is InChI=1S/C14H17FN4/c1-9-2-4-11(15)6-12(9)14-18-17-13-5-3-10(7-16)8-19(13)14/h2,4,6,10H,3,5,7-8,16H2,1H3. The maximum Gasteiger partial charge on any atom is 0.164 e. The Balaban J connectivity index is 2.07. The van der Waals surface area contributed by atoms with E-state index in [1.165, 1.54) is 12.1 Å². The lowest BCUT2D eigenvalue weighted by molar-refractivity contribution is 0.375. The lowest BCUT2D eigenvalue weighted by Gasteiger charge is -2.23. The summed E-state index contributed by atoms with van der Waals surface area (Å²) in [5.74, 6) is 1.94. The summed E-state index contributed by atoms with van der Waals surface area (Å²) in [6.07, 6.45) is 1.94. The molecule has 1 aliphatic heterocycles. The second-order valence-corrected chi connectivity index (χ2v) is 5.15. The van der Waals surface area contributed by atoms with E-state index >= 15 is 0 Å². The van der Waals surface area contributed by atoms with Crippen molar-refractivity contribution in [1.82, 2.24) is 14.8 Å². The maximum atomic E-state index is 13.4. The third kappa shape index (κ3) is 2.14. The number of rotatable bonds is 2. The van der Waals surface area contributed by atoms with Gasteiger partial charge in [-0.15, -0.1) is 10.2 Å². The molecule has 100 valence electrons. The van der Waals surface area contributed by atoms with Gasteiger partial charge in [0.1, 0.15) is 11.6 Å². The molecule has 2 N–H and O–H groups in total. The van der Waals surface area contributed by atoms with Crippen LogP contribution in [0.15, 0.2) is 18.2 Å². The zero-order chi connectivity index (χ0) is 13.4. The lowest BCUT2D eigenvalue weighted by atomic mass is 9.99. The topological polar surface area (TPSA) is 56.7 Å². The van der Waals surface area contributed by atoms with E-state index in [0.717, 1.165) is 42.2 Å². The van der Waals surface area contributed by atoms with Crippen LogP contribution in [0.25, 0.3) is 11.4 Å². The van der Waals surface area contributed by atoms with Crippen LogP contribution in [0.2, 0.25) is 0 Å². The molecule has 2 heterocycles. The van der Waals surface area contributed by atoms with Gasteiger partial charge in [0.15, 0.2) is 5.82 Å². The predicted molar refractivity (Wildman–Crippen MR) is 71.0 cm³/mol. The number of fused-ring (bicyclic) bond motifs is 1. The highest BCUT2D eigenvalue weighted by atomic mass is 19.1. The summed E-state index contributed by atoms with van der Waals surface area (Å²) < 4.78 is 15.5. The number of halogens is 1. The van der Waals surface area contributed by atoms with Crippen LogP contribution < -0.4 is 5.73 Å². The van der Waals surface area contributed by atoms with Crippen molar-refractivity contribution < 1.29 is 4.39 Å². The number of benzene rings is 1. The van der Waals surface area contributed by atoms with E-state index in [4.69, 9.17) is 5.73 Å². The molecule has 0 spiro atoms. The fourth-order valence-electron chi connectivity index (χ4n) is 2.62. The van der Waals surface area contributed by atoms with E-state index in [1.54, 1.807) is 6.07 Å². The normalized spacial score (nSPS) is 18.4. The molecule has 0 bridgehead atoms. The Morgan fingerprint density at radius 2 is 2.26 bits per heavy atom. The average molecular weight is 260 g/mol. The van der Waals surface area contributed by atoms with Gasteiger partial charge < -0.3 is 10.3 Å². The van der Waals surface area contributed by atoms with E-state index < -0.39 is 0 Å². The van der Waals surface area contributed by atoms with Gasteiger partial charge in [0.25, 0.3) is 0 Å². The van der Waals surface area contributed by atoms with Crippen LogP contribution in [0.3, 0.4) is 0 Å². The van der Waals surface area contributed by atoms with Crippen LogP contribution in [0.1, 0.15) is 17.8 Å². The Labute approximate surface area is 111 Å². The minimum absolute atomic E-state index is 0.246. The van der Waals surface area contributed by atoms with Crippen LogP contribution in [-0.2, 0) is 13.0 Å². The van der Waals surface area contributed by atoms with Gasteiger partial charge in [-0.1, -0.05) is 6.07 Å². The molecule has 4 nitrogen and oxygen atoms in total. The Morgan fingerprint density at radius 3 is 3.05 bits per heavy atom. The summed E-state index contributed by atoms with van der Waals surface area (Å²) in [5.41, 5.74) is 7.58. The molecule has 0 aliphatic carbocycles. The summed E-state index contributed by atoms with van der Waals surface area (Å²) in [7, 11) is 0. The number of nitrogens with two attached hydrogens (primary N) is 1. The molecule has 0 saturated carbocycles. The SMILES string of the molecule is Cc1ccc(F)cc1-c1nnc2n1CC(CN)CC2. The lowest BCUT2D eigenvalue weighted by Crippen LogP contribution is -2.26. The first-order valence-electron chi connectivity index (χ1n) is 6.57. The van der Waals surface area contributed by atoms with Gasteiger partial charge in [-0.05, 0) is 43.5 Å². The van der Waals surface area contributed by atoms with Crippen LogP contribution in [0.5, 0.6) is 0 Å². The molecule has 1 unspecified atom stereocenters. The molecule has 0 fully saturated rings. The van der Waals surface area contributed by atoms with Crippen LogP contribution in [0, 0.1) is 18.7 Å². The molecule has 0 amide bonds. The zero-order valence-corrected chi connectivity index (χ0v) is 10.9. The maximum absolute atomic E-state index is 13.4. The van der Waals surface area contributed by atoms with Gasteiger partial charge in [-0.3, -0.25) is 0 Å². The third-order valence-electron chi connectivity index (χ3n) is 3.82. The number of nitrogens with zero attached hydrogens (tertiary/aromatic N) is 3. The molecular formula is C14H17FN4. The molecule has 3 rings (SSSR count). The monoisotopic (exact) mass is 260 g/mol. The van der Waals surface area contributed by atoms with Crippen molar-refractivity contribution in [2.75, 3.05) is 6.54 Å². The second kappa shape index (κ2) is 4.74. The minimum Gasteiger partial charge on any atom is -0.330 e. The molecule has 19 heavy (non-hydrogen) atoms. The van der Waals surface area contributed by atoms with E-state index in [-0.39, 0.29) is 5.82 Å². The first-order valence-corrected chi connectivity index (χ1v) is 6.57. The number of hydrogen-bond acceptors (Lipinski definition) is 3. The highest BCUT2D eigenvalue weighted by Gasteiger charge is 2.23. The quantitative estimate of drug-likeness (QED) is 0.897. The number of aromatic nitrogens is 3. The first-order chi connectivity index (χ1) is 9.19. The first kappa shape index (κ1) is 12.3. The van der Waals surface area contributed by atoms with Gasteiger partial charge >= 0.3 is 0 Å². The van der Waals surface area contributed by atoms with Crippen LogP contribution in [0.4, 0.5) is 4.39 Å². The van der Waals surface area contributed by atoms with E-state index in [2.05, 4.69) is 14.8 Å². The number of hydrogen-bond donors (Lipinski definition) is 1. The number of aryl methyl sites for hydroxylation is 2. The Kier molecular flexibility index (Phi) is 3.06. The third-order valence-corrected chi connectivity index (χ3v) is 3.82. The molecule has 1 aromatic carbocycles.